The first-order chi connectivity index (χ1) is 11.2. The third-order valence-corrected chi connectivity index (χ3v) is 4.68. The van der Waals surface area contributed by atoms with Crippen molar-refractivity contribution in [1.29, 1.82) is 0 Å². The fourth-order valence-electron chi connectivity index (χ4n) is 3.28. The number of piperidine rings is 1. The van der Waals surface area contributed by atoms with Gasteiger partial charge < -0.3 is 4.90 Å². The average molecular weight is 344 g/mol. The molecule has 0 aromatic heterocycles. The Kier molecular flexibility index (Phi) is 3.61. The monoisotopic (exact) mass is 344 g/mol. The molecule has 3 amide bonds. The maximum absolute atomic E-state index is 13.9. The maximum atomic E-state index is 13.9. The highest BCUT2D eigenvalue weighted by Crippen LogP contribution is 2.39. The molecule has 1 aromatic carbocycles. The summed E-state index contributed by atoms with van der Waals surface area (Å²) in [5.74, 6) is -9.92. The fraction of sp³-hybridized carbons (Fsp3) is 0.400. The quantitative estimate of drug-likeness (QED) is 0.385. The van der Waals surface area contributed by atoms with Crippen molar-refractivity contribution in [3.63, 3.8) is 0 Å². The molecule has 1 saturated heterocycles. The van der Waals surface area contributed by atoms with E-state index in [1.54, 1.807) is 6.92 Å². The normalized spacial score (nSPS) is 23.5. The number of amides is 3. The van der Waals surface area contributed by atoms with Crippen LogP contribution in [0.15, 0.2) is 0 Å². The number of fused-ring (bicyclic) bond motifs is 1. The first-order valence-electron chi connectivity index (χ1n) is 7.25. The zero-order valence-electron chi connectivity index (χ0n) is 12.5. The van der Waals surface area contributed by atoms with Gasteiger partial charge in [0, 0.05) is 12.0 Å². The van der Waals surface area contributed by atoms with E-state index in [2.05, 4.69) is 5.32 Å². The lowest BCUT2D eigenvalue weighted by Gasteiger charge is -2.41. The number of nitrogens with one attached hydrogen (secondary N) is 1. The Morgan fingerprint density at radius 2 is 1.67 bits per heavy atom. The molecule has 3 rings (SSSR count). The number of rotatable bonds is 2. The standard InChI is InChI=1S/C15H12F4N2O3/c1-2-15(4-3-7(22)20-14(15)24)21-5-6-8(13(21)23)10(17)12(19)11(18)9(6)16/h2-5H2,1H3,(H,20,22,24). The number of hydrogen-bond donors (Lipinski definition) is 1. The van der Waals surface area contributed by atoms with E-state index in [0.29, 0.717) is 0 Å². The molecular formula is C15H12F4N2O3. The van der Waals surface area contributed by atoms with Gasteiger partial charge in [-0.25, -0.2) is 17.6 Å². The van der Waals surface area contributed by atoms with Crippen LogP contribution in [0.2, 0.25) is 0 Å². The van der Waals surface area contributed by atoms with Gasteiger partial charge in [-0.1, -0.05) is 6.92 Å². The van der Waals surface area contributed by atoms with E-state index in [1.165, 1.54) is 0 Å². The second-order valence-electron chi connectivity index (χ2n) is 5.76. The Morgan fingerprint density at radius 1 is 1.04 bits per heavy atom. The van der Waals surface area contributed by atoms with Gasteiger partial charge in [-0.15, -0.1) is 0 Å². The highest BCUT2D eigenvalue weighted by Gasteiger charge is 2.52. The number of carbonyl (C=O) groups is 3. The Morgan fingerprint density at radius 3 is 2.25 bits per heavy atom. The minimum absolute atomic E-state index is 0.0396. The Bertz CT molecular complexity index is 796. The zero-order chi connectivity index (χ0) is 17.8. The Balaban J connectivity index is 2.11. The third-order valence-electron chi connectivity index (χ3n) is 4.68. The molecule has 2 aliphatic rings. The molecule has 0 radical (unpaired) electrons. The molecule has 0 spiro atoms. The molecule has 9 heteroatoms. The highest BCUT2D eigenvalue weighted by atomic mass is 19.2. The predicted molar refractivity (Wildman–Crippen MR) is 71.6 cm³/mol. The number of carbonyl (C=O) groups excluding carboxylic acids is 3. The summed E-state index contributed by atoms with van der Waals surface area (Å²) in [6, 6.07) is 0. The van der Waals surface area contributed by atoms with E-state index >= 15 is 0 Å². The van der Waals surface area contributed by atoms with E-state index in [1.807, 2.05) is 0 Å². The predicted octanol–water partition coefficient (Wildman–Crippen LogP) is 1.78. The van der Waals surface area contributed by atoms with Crippen LogP contribution in [0.25, 0.3) is 0 Å². The largest absolute Gasteiger partial charge is 0.319 e. The summed E-state index contributed by atoms with van der Waals surface area (Å²) in [7, 11) is 0. The van der Waals surface area contributed by atoms with Crippen LogP contribution >= 0.6 is 0 Å². The molecule has 1 N–H and O–H groups in total. The number of benzene rings is 1. The second kappa shape index (κ2) is 5.29. The van der Waals surface area contributed by atoms with Crippen LogP contribution in [0.4, 0.5) is 17.6 Å². The molecule has 128 valence electrons. The van der Waals surface area contributed by atoms with Crippen molar-refractivity contribution in [2.24, 2.45) is 0 Å². The van der Waals surface area contributed by atoms with E-state index in [-0.39, 0.29) is 19.3 Å². The van der Waals surface area contributed by atoms with Crippen LogP contribution in [-0.4, -0.2) is 28.2 Å². The van der Waals surface area contributed by atoms with Crippen LogP contribution in [0, 0.1) is 23.3 Å². The van der Waals surface area contributed by atoms with E-state index in [9.17, 15) is 31.9 Å². The van der Waals surface area contributed by atoms with Crippen molar-refractivity contribution in [3.8, 4) is 0 Å². The highest BCUT2D eigenvalue weighted by molar-refractivity contribution is 6.07. The van der Waals surface area contributed by atoms with Crippen molar-refractivity contribution in [2.45, 2.75) is 38.3 Å². The molecule has 1 aromatic rings. The van der Waals surface area contributed by atoms with Gasteiger partial charge in [-0.3, -0.25) is 19.7 Å². The van der Waals surface area contributed by atoms with Gasteiger partial charge in [0.15, 0.2) is 23.3 Å². The van der Waals surface area contributed by atoms with E-state index in [0.717, 1.165) is 4.90 Å². The van der Waals surface area contributed by atoms with Crippen molar-refractivity contribution < 1.29 is 31.9 Å². The Labute approximate surface area is 133 Å². The van der Waals surface area contributed by atoms with Gasteiger partial charge in [0.25, 0.3) is 11.8 Å². The summed E-state index contributed by atoms with van der Waals surface area (Å²) < 4.78 is 54.7. The summed E-state index contributed by atoms with van der Waals surface area (Å²) >= 11 is 0. The summed E-state index contributed by atoms with van der Waals surface area (Å²) in [6.45, 7) is 0.989. The molecular weight excluding hydrogens is 332 g/mol. The lowest BCUT2D eigenvalue weighted by atomic mass is 9.84. The number of hydrogen-bond acceptors (Lipinski definition) is 3. The molecule has 1 fully saturated rings. The third kappa shape index (κ3) is 1.96. The molecule has 24 heavy (non-hydrogen) atoms. The van der Waals surface area contributed by atoms with Crippen molar-refractivity contribution in [3.05, 3.63) is 34.4 Å². The van der Waals surface area contributed by atoms with Gasteiger partial charge in [-0.2, -0.15) is 0 Å². The maximum Gasteiger partial charge on any atom is 0.258 e. The van der Waals surface area contributed by atoms with Crippen LogP contribution in [0.5, 0.6) is 0 Å². The van der Waals surface area contributed by atoms with Gasteiger partial charge >= 0.3 is 0 Å². The molecule has 1 unspecified atom stereocenters. The fourth-order valence-corrected chi connectivity index (χ4v) is 3.28. The number of nitrogens with zero attached hydrogens (tertiary/aromatic N) is 1. The lowest BCUT2D eigenvalue weighted by molar-refractivity contribution is -0.143. The lowest BCUT2D eigenvalue weighted by Crippen LogP contribution is -2.62. The number of imide groups is 1. The first kappa shape index (κ1) is 16.4. The molecule has 1 atom stereocenters. The van der Waals surface area contributed by atoms with Crippen molar-refractivity contribution >= 4 is 17.7 Å². The Hall–Kier alpha value is -2.45. The van der Waals surface area contributed by atoms with Gasteiger partial charge in [0.1, 0.15) is 5.54 Å². The van der Waals surface area contributed by atoms with Gasteiger partial charge in [0.2, 0.25) is 5.91 Å². The van der Waals surface area contributed by atoms with Gasteiger partial charge in [0.05, 0.1) is 12.1 Å². The summed E-state index contributed by atoms with van der Waals surface area (Å²) in [4.78, 5) is 37.0. The summed E-state index contributed by atoms with van der Waals surface area (Å²) in [5.41, 5.74) is -3.05. The molecule has 2 aliphatic heterocycles. The van der Waals surface area contributed by atoms with E-state index < -0.39 is 64.2 Å². The van der Waals surface area contributed by atoms with Crippen LogP contribution in [0.1, 0.15) is 42.1 Å². The van der Waals surface area contributed by atoms with Crippen molar-refractivity contribution in [1.82, 2.24) is 10.2 Å². The molecule has 0 aliphatic carbocycles. The summed E-state index contributed by atoms with van der Waals surface area (Å²) in [6.07, 6.45) is -0.0322. The second-order valence-corrected chi connectivity index (χ2v) is 5.76. The van der Waals surface area contributed by atoms with Crippen molar-refractivity contribution in [2.75, 3.05) is 0 Å². The topological polar surface area (TPSA) is 66.5 Å². The molecule has 0 saturated carbocycles. The minimum Gasteiger partial charge on any atom is -0.319 e. The zero-order valence-corrected chi connectivity index (χ0v) is 12.5. The molecule has 0 bridgehead atoms. The first-order valence-corrected chi connectivity index (χ1v) is 7.25. The molecule has 5 nitrogen and oxygen atoms in total. The smallest absolute Gasteiger partial charge is 0.258 e. The molecule has 2 heterocycles. The summed E-state index contributed by atoms with van der Waals surface area (Å²) in [5, 5.41) is 2.09. The van der Waals surface area contributed by atoms with Gasteiger partial charge in [-0.05, 0) is 12.8 Å². The average Bonchev–Trinajstić information content (AvgIpc) is 2.90. The SMILES string of the molecule is CCC1(N2Cc3c(F)c(F)c(F)c(F)c3C2=O)CCC(=O)NC1=O. The number of halogens is 4. The minimum atomic E-state index is -2.07. The van der Waals surface area contributed by atoms with Crippen LogP contribution in [0.3, 0.4) is 0 Å². The van der Waals surface area contributed by atoms with E-state index in [4.69, 9.17) is 0 Å². The van der Waals surface area contributed by atoms with Crippen LogP contribution in [-0.2, 0) is 16.1 Å². The van der Waals surface area contributed by atoms with Crippen LogP contribution < -0.4 is 5.32 Å².